The van der Waals surface area contributed by atoms with Crippen LogP contribution in [0.5, 0.6) is 0 Å². The summed E-state index contributed by atoms with van der Waals surface area (Å²) in [5.41, 5.74) is 2.27. The Bertz CT molecular complexity index is 259. The van der Waals surface area contributed by atoms with Crippen molar-refractivity contribution in [1.29, 1.82) is 0 Å². The van der Waals surface area contributed by atoms with Gasteiger partial charge in [-0.2, -0.15) is 15.0 Å². The van der Waals surface area contributed by atoms with E-state index >= 15 is 0 Å². The smallest absolute Gasteiger partial charge is 0.0856 e. The quantitative estimate of drug-likeness (QED) is 0.700. The van der Waals surface area contributed by atoms with E-state index in [2.05, 4.69) is 44.8 Å². The maximum atomic E-state index is 4.48. The average Bonchev–Trinajstić information content (AvgIpc) is 2.45. The van der Waals surface area contributed by atoms with Crippen LogP contribution >= 0.6 is 0 Å². The monoisotopic (exact) mass is 181 g/mol. The van der Waals surface area contributed by atoms with Crippen molar-refractivity contribution in [2.24, 2.45) is 0 Å². The van der Waals surface area contributed by atoms with Gasteiger partial charge in [-0.25, -0.2) is 0 Å². The molecular formula is C10H19N3. The summed E-state index contributed by atoms with van der Waals surface area (Å²) in [5.74, 6) is 0. The lowest BCUT2D eigenvalue weighted by Gasteiger charge is -2.16. The van der Waals surface area contributed by atoms with Gasteiger partial charge >= 0.3 is 0 Å². The lowest BCUT2D eigenvalue weighted by Crippen LogP contribution is -2.24. The molecule has 1 heterocycles. The second-order valence-electron chi connectivity index (χ2n) is 4.26. The van der Waals surface area contributed by atoms with Crippen LogP contribution in [-0.4, -0.2) is 15.0 Å². The highest BCUT2D eigenvalue weighted by Gasteiger charge is 2.17. The van der Waals surface area contributed by atoms with Gasteiger partial charge in [0.2, 0.25) is 0 Å². The van der Waals surface area contributed by atoms with E-state index in [4.69, 9.17) is 0 Å². The Hall–Kier alpha value is -0.860. The van der Waals surface area contributed by atoms with Gasteiger partial charge in [0.1, 0.15) is 0 Å². The van der Waals surface area contributed by atoms with E-state index in [1.54, 1.807) is 0 Å². The molecule has 0 unspecified atom stereocenters. The molecule has 0 amide bonds. The Morgan fingerprint density at radius 1 is 1.00 bits per heavy atom. The molecule has 3 nitrogen and oxygen atoms in total. The van der Waals surface area contributed by atoms with E-state index < -0.39 is 0 Å². The topological polar surface area (TPSA) is 30.7 Å². The van der Waals surface area contributed by atoms with Crippen LogP contribution in [0.2, 0.25) is 0 Å². The molecule has 0 aromatic carbocycles. The number of nitrogens with zero attached hydrogens (tertiary/aromatic N) is 3. The predicted molar refractivity (Wildman–Crippen MR) is 53.8 cm³/mol. The molecule has 0 N–H and O–H groups in total. The average molecular weight is 181 g/mol. The van der Waals surface area contributed by atoms with Crippen LogP contribution in [0.3, 0.4) is 0 Å². The molecule has 1 aromatic heterocycles. The Balaban J connectivity index is 3.07. The van der Waals surface area contributed by atoms with Crippen LogP contribution in [0.25, 0.3) is 0 Å². The highest BCUT2D eigenvalue weighted by atomic mass is 15.5. The third-order valence-corrected chi connectivity index (χ3v) is 2.03. The third-order valence-electron chi connectivity index (χ3n) is 2.03. The van der Waals surface area contributed by atoms with Gasteiger partial charge in [-0.15, -0.1) is 0 Å². The zero-order chi connectivity index (χ0) is 10.1. The van der Waals surface area contributed by atoms with Crippen molar-refractivity contribution in [1.82, 2.24) is 15.0 Å². The van der Waals surface area contributed by atoms with Crippen LogP contribution in [0.15, 0.2) is 0 Å². The first kappa shape index (κ1) is 10.2. The summed E-state index contributed by atoms with van der Waals surface area (Å²) in [6, 6.07) is 0. The van der Waals surface area contributed by atoms with E-state index in [9.17, 15) is 0 Å². The molecule has 0 saturated carbocycles. The molecule has 0 saturated heterocycles. The largest absolute Gasteiger partial charge is 0.179 e. The van der Waals surface area contributed by atoms with Crippen molar-refractivity contribution < 1.29 is 0 Å². The second-order valence-corrected chi connectivity index (χ2v) is 4.26. The molecule has 0 aliphatic carbocycles. The minimum atomic E-state index is -0.00264. The van der Waals surface area contributed by atoms with E-state index in [1.807, 2.05) is 4.80 Å². The predicted octanol–water partition coefficient (Wildman–Crippen LogP) is 2.16. The zero-order valence-corrected chi connectivity index (χ0v) is 9.26. The van der Waals surface area contributed by atoms with Crippen LogP contribution in [0.4, 0.5) is 0 Å². The Morgan fingerprint density at radius 2 is 1.38 bits per heavy atom. The zero-order valence-electron chi connectivity index (χ0n) is 9.26. The van der Waals surface area contributed by atoms with E-state index in [1.165, 1.54) is 0 Å². The van der Waals surface area contributed by atoms with Crippen LogP contribution < -0.4 is 0 Å². The number of hydrogen-bond donors (Lipinski definition) is 0. The number of rotatable bonds is 2. The minimum Gasteiger partial charge on any atom is -0.179 e. The molecule has 0 radical (unpaired) electrons. The van der Waals surface area contributed by atoms with Gasteiger partial charge in [-0.3, -0.25) is 0 Å². The fraction of sp³-hybridized carbons (Fsp3) is 0.800. The highest BCUT2D eigenvalue weighted by Crippen LogP contribution is 2.13. The normalized spacial score (nSPS) is 12.1. The maximum absolute atomic E-state index is 4.48. The fourth-order valence-electron chi connectivity index (χ4n) is 1.22. The lowest BCUT2D eigenvalue weighted by molar-refractivity contribution is 0.309. The molecule has 74 valence electrons. The molecule has 3 heteroatoms. The van der Waals surface area contributed by atoms with Gasteiger partial charge < -0.3 is 0 Å². The summed E-state index contributed by atoms with van der Waals surface area (Å²) < 4.78 is 0. The van der Waals surface area contributed by atoms with Crippen molar-refractivity contribution in [2.75, 3.05) is 0 Å². The SMILES string of the molecule is CCc1nn(C(C)(C)C)nc1CC. The molecule has 0 aliphatic rings. The van der Waals surface area contributed by atoms with Crippen LogP contribution in [0, 0.1) is 0 Å². The molecule has 13 heavy (non-hydrogen) atoms. The summed E-state index contributed by atoms with van der Waals surface area (Å²) >= 11 is 0. The molecule has 1 rings (SSSR count). The molecule has 0 aliphatic heterocycles. The maximum Gasteiger partial charge on any atom is 0.0856 e. The summed E-state index contributed by atoms with van der Waals surface area (Å²) in [5, 5.41) is 8.95. The minimum absolute atomic E-state index is 0.00264. The first-order chi connectivity index (χ1) is 5.99. The van der Waals surface area contributed by atoms with Gasteiger partial charge in [-0.1, -0.05) is 13.8 Å². The van der Waals surface area contributed by atoms with Crippen molar-refractivity contribution in [3.05, 3.63) is 11.4 Å². The van der Waals surface area contributed by atoms with Gasteiger partial charge in [0, 0.05) is 0 Å². The standard InChI is InChI=1S/C10H19N3/c1-6-8-9(7-2)12-13(11-8)10(3,4)5/h6-7H2,1-5H3. The van der Waals surface area contributed by atoms with E-state index in [-0.39, 0.29) is 5.54 Å². The summed E-state index contributed by atoms with van der Waals surface area (Å²) in [7, 11) is 0. The first-order valence-corrected chi connectivity index (χ1v) is 4.94. The van der Waals surface area contributed by atoms with Crippen LogP contribution in [-0.2, 0) is 18.4 Å². The van der Waals surface area contributed by atoms with E-state index in [0.717, 1.165) is 24.2 Å². The van der Waals surface area contributed by atoms with Gasteiger partial charge in [0.05, 0.1) is 16.9 Å². The first-order valence-electron chi connectivity index (χ1n) is 4.94. The van der Waals surface area contributed by atoms with Crippen molar-refractivity contribution in [2.45, 2.75) is 53.0 Å². The summed E-state index contributed by atoms with van der Waals surface area (Å²) in [6.07, 6.45) is 1.94. The van der Waals surface area contributed by atoms with Gasteiger partial charge in [0.25, 0.3) is 0 Å². The Labute approximate surface area is 80.1 Å². The lowest BCUT2D eigenvalue weighted by atomic mass is 10.1. The molecular weight excluding hydrogens is 162 g/mol. The molecule has 0 fully saturated rings. The number of aryl methyl sites for hydroxylation is 2. The molecule has 0 bridgehead atoms. The van der Waals surface area contributed by atoms with Crippen LogP contribution in [0.1, 0.15) is 46.0 Å². The Morgan fingerprint density at radius 3 is 1.62 bits per heavy atom. The van der Waals surface area contributed by atoms with Gasteiger partial charge in [0.15, 0.2) is 0 Å². The molecule has 1 aromatic rings. The van der Waals surface area contributed by atoms with E-state index in [0.29, 0.717) is 0 Å². The number of hydrogen-bond acceptors (Lipinski definition) is 2. The summed E-state index contributed by atoms with van der Waals surface area (Å²) in [4.78, 5) is 1.82. The number of aromatic nitrogens is 3. The van der Waals surface area contributed by atoms with Crippen molar-refractivity contribution in [3.8, 4) is 0 Å². The van der Waals surface area contributed by atoms with Crippen molar-refractivity contribution in [3.63, 3.8) is 0 Å². The molecule has 0 spiro atoms. The second kappa shape index (κ2) is 3.48. The third kappa shape index (κ3) is 2.08. The molecule has 0 atom stereocenters. The fourth-order valence-corrected chi connectivity index (χ4v) is 1.22. The van der Waals surface area contributed by atoms with Gasteiger partial charge in [-0.05, 0) is 33.6 Å². The highest BCUT2D eigenvalue weighted by molar-refractivity contribution is 5.08. The summed E-state index contributed by atoms with van der Waals surface area (Å²) in [6.45, 7) is 10.6. The Kier molecular flexibility index (Phi) is 2.74. The van der Waals surface area contributed by atoms with Crippen molar-refractivity contribution >= 4 is 0 Å².